The number of nitrogens with zero attached hydrogens (tertiary/aromatic N) is 2. The van der Waals surface area contributed by atoms with Crippen LogP contribution >= 0.6 is 0 Å². The minimum absolute atomic E-state index is 0.513. The Labute approximate surface area is 73.3 Å². The van der Waals surface area contributed by atoms with Gasteiger partial charge in [0.25, 0.3) is 0 Å². The topological polar surface area (TPSA) is 6.48 Å². The molecular weight excluding hydrogens is 152 g/mol. The second kappa shape index (κ2) is 4.69. The third-order valence-electron chi connectivity index (χ3n) is 1.90. The van der Waals surface area contributed by atoms with Crippen molar-refractivity contribution in [2.75, 3.05) is 28.2 Å². The van der Waals surface area contributed by atoms with Gasteiger partial charge < -0.3 is 0 Å². The van der Waals surface area contributed by atoms with Crippen molar-refractivity contribution < 1.29 is 0 Å². The van der Waals surface area contributed by atoms with E-state index in [4.69, 9.17) is 0 Å². The van der Waals surface area contributed by atoms with Crippen LogP contribution in [0.3, 0.4) is 0 Å². The molecule has 11 heavy (non-hydrogen) atoms. The Balaban J connectivity index is 4.20. The average Bonchev–Trinajstić information content (AvgIpc) is 1.85. The van der Waals surface area contributed by atoms with Gasteiger partial charge in [0, 0.05) is 10.2 Å². The molecule has 1 atom stereocenters. The van der Waals surface area contributed by atoms with Gasteiger partial charge in [-0.1, -0.05) is 6.08 Å². The highest BCUT2D eigenvalue weighted by atomic mass is 28.1. The lowest BCUT2D eigenvalue weighted by molar-refractivity contribution is 0.133. The lowest BCUT2D eigenvalue weighted by Gasteiger charge is -2.34. The maximum Gasteiger partial charge on any atom is 0.0642 e. The zero-order chi connectivity index (χ0) is 9.02. The first-order valence-corrected chi connectivity index (χ1v) is 5.11. The van der Waals surface area contributed by atoms with Crippen molar-refractivity contribution in [2.45, 2.75) is 11.7 Å². The molecule has 0 heterocycles. The monoisotopic (exact) mass is 172 g/mol. The standard InChI is InChI=1S/C8H20N2Si/c1-6-7(11)8(9(2)3)10(4)5/h6-8H,1H2,2-5,11H3. The fourth-order valence-corrected chi connectivity index (χ4v) is 2.72. The molecule has 0 amide bonds. The van der Waals surface area contributed by atoms with Crippen molar-refractivity contribution in [1.82, 2.24) is 9.80 Å². The highest BCUT2D eigenvalue weighted by molar-refractivity contribution is 6.13. The van der Waals surface area contributed by atoms with Gasteiger partial charge in [0.05, 0.1) is 6.17 Å². The van der Waals surface area contributed by atoms with E-state index in [2.05, 4.69) is 50.6 Å². The number of hydrogen-bond acceptors (Lipinski definition) is 2. The Morgan fingerprint density at radius 1 is 1.18 bits per heavy atom. The summed E-state index contributed by atoms with van der Waals surface area (Å²) < 4.78 is 0. The van der Waals surface area contributed by atoms with Gasteiger partial charge in [-0.25, -0.2) is 0 Å². The molecule has 0 aliphatic heterocycles. The molecule has 0 bridgehead atoms. The summed E-state index contributed by atoms with van der Waals surface area (Å²) >= 11 is 0. The van der Waals surface area contributed by atoms with Crippen molar-refractivity contribution in [1.29, 1.82) is 0 Å². The van der Waals surface area contributed by atoms with Crippen LogP contribution in [0, 0.1) is 0 Å². The minimum atomic E-state index is 0.513. The van der Waals surface area contributed by atoms with Crippen molar-refractivity contribution >= 4 is 10.2 Å². The predicted molar refractivity (Wildman–Crippen MR) is 55.0 cm³/mol. The SMILES string of the molecule is C=CC([SiH3])C(N(C)C)N(C)C. The lowest BCUT2D eigenvalue weighted by Crippen LogP contribution is -2.43. The van der Waals surface area contributed by atoms with E-state index in [9.17, 15) is 0 Å². The van der Waals surface area contributed by atoms with Crippen LogP contribution in [0.15, 0.2) is 12.7 Å². The summed E-state index contributed by atoms with van der Waals surface area (Å²) in [6.45, 7) is 3.83. The normalized spacial score (nSPS) is 14.8. The van der Waals surface area contributed by atoms with Crippen LogP contribution in [-0.4, -0.2) is 54.4 Å². The van der Waals surface area contributed by atoms with Gasteiger partial charge in [0.1, 0.15) is 0 Å². The van der Waals surface area contributed by atoms with Crippen LogP contribution in [0.1, 0.15) is 0 Å². The van der Waals surface area contributed by atoms with E-state index < -0.39 is 0 Å². The van der Waals surface area contributed by atoms with Gasteiger partial charge in [-0.05, 0) is 33.7 Å². The van der Waals surface area contributed by atoms with Crippen molar-refractivity contribution in [3.05, 3.63) is 12.7 Å². The molecule has 0 spiro atoms. The zero-order valence-corrected chi connectivity index (χ0v) is 10.3. The first-order chi connectivity index (χ1) is 5.00. The molecule has 0 aromatic heterocycles. The fourth-order valence-electron chi connectivity index (χ4n) is 1.52. The molecule has 0 rings (SSSR count). The Morgan fingerprint density at radius 3 is 1.64 bits per heavy atom. The summed E-state index contributed by atoms with van der Waals surface area (Å²) in [7, 11) is 9.61. The van der Waals surface area contributed by atoms with Crippen LogP contribution in [-0.2, 0) is 0 Å². The number of rotatable bonds is 4. The van der Waals surface area contributed by atoms with Gasteiger partial charge in [0.15, 0.2) is 0 Å². The molecule has 0 N–H and O–H groups in total. The van der Waals surface area contributed by atoms with E-state index in [0.29, 0.717) is 11.7 Å². The van der Waals surface area contributed by atoms with Crippen LogP contribution in [0.2, 0.25) is 5.54 Å². The minimum Gasteiger partial charge on any atom is -0.294 e. The number of hydrogen-bond donors (Lipinski definition) is 0. The summed E-state index contributed by atoms with van der Waals surface area (Å²) in [5.41, 5.74) is 0.639. The molecule has 3 heteroatoms. The maximum atomic E-state index is 3.83. The van der Waals surface area contributed by atoms with E-state index in [1.165, 1.54) is 10.2 Å². The van der Waals surface area contributed by atoms with Crippen LogP contribution < -0.4 is 0 Å². The third-order valence-corrected chi connectivity index (χ3v) is 2.97. The average molecular weight is 172 g/mol. The second-order valence-electron chi connectivity index (χ2n) is 3.44. The van der Waals surface area contributed by atoms with E-state index in [0.717, 1.165) is 0 Å². The molecule has 0 aliphatic carbocycles. The molecule has 0 saturated carbocycles. The molecule has 66 valence electrons. The molecule has 0 fully saturated rings. The van der Waals surface area contributed by atoms with Gasteiger partial charge in [-0.15, -0.1) is 6.58 Å². The van der Waals surface area contributed by atoms with Crippen LogP contribution in [0.4, 0.5) is 0 Å². The smallest absolute Gasteiger partial charge is 0.0642 e. The molecule has 0 aliphatic rings. The Bertz CT molecular complexity index is 115. The Hall–Kier alpha value is -0.123. The molecule has 0 radical (unpaired) electrons. The van der Waals surface area contributed by atoms with Gasteiger partial charge in [-0.2, -0.15) is 0 Å². The summed E-state index contributed by atoms with van der Waals surface area (Å²) in [4.78, 5) is 4.47. The van der Waals surface area contributed by atoms with Crippen LogP contribution in [0.25, 0.3) is 0 Å². The summed E-state index contributed by atoms with van der Waals surface area (Å²) in [5.74, 6) is 0. The molecular formula is C8H20N2Si. The largest absolute Gasteiger partial charge is 0.294 e. The quantitative estimate of drug-likeness (QED) is 0.328. The first kappa shape index (κ1) is 10.9. The highest BCUT2D eigenvalue weighted by Crippen LogP contribution is 2.13. The summed E-state index contributed by atoms with van der Waals surface area (Å²) in [5, 5.41) is 0. The molecule has 0 saturated heterocycles. The van der Waals surface area contributed by atoms with Crippen molar-refractivity contribution in [3.63, 3.8) is 0 Å². The molecule has 1 unspecified atom stereocenters. The van der Waals surface area contributed by atoms with E-state index >= 15 is 0 Å². The second-order valence-corrected chi connectivity index (χ2v) is 4.77. The summed E-state index contributed by atoms with van der Waals surface area (Å²) in [6, 6.07) is 0. The predicted octanol–water partition coefficient (Wildman–Crippen LogP) is -0.224. The van der Waals surface area contributed by atoms with E-state index in [1.54, 1.807) is 0 Å². The zero-order valence-electron chi connectivity index (χ0n) is 8.33. The fraction of sp³-hybridized carbons (Fsp3) is 0.750. The van der Waals surface area contributed by atoms with Gasteiger partial charge >= 0.3 is 0 Å². The lowest BCUT2D eigenvalue weighted by atomic mass is 10.3. The Morgan fingerprint density at radius 2 is 1.55 bits per heavy atom. The first-order valence-electron chi connectivity index (χ1n) is 3.96. The molecule has 0 aromatic rings. The van der Waals surface area contributed by atoms with E-state index in [-0.39, 0.29) is 0 Å². The highest BCUT2D eigenvalue weighted by Gasteiger charge is 2.18. The molecule has 0 aromatic carbocycles. The molecule has 2 nitrogen and oxygen atoms in total. The van der Waals surface area contributed by atoms with Gasteiger partial charge in [-0.3, -0.25) is 9.80 Å². The maximum absolute atomic E-state index is 3.83. The summed E-state index contributed by atoms with van der Waals surface area (Å²) in [6.07, 6.45) is 2.57. The van der Waals surface area contributed by atoms with Gasteiger partial charge in [0.2, 0.25) is 0 Å². The van der Waals surface area contributed by atoms with E-state index in [1.807, 2.05) is 0 Å². The Kier molecular flexibility index (Phi) is 4.64. The third kappa shape index (κ3) is 3.18. The van der Waals surface area contributed by atoms with Crippen molar-refractivity contribution in [2.24, 2.45) is 0 Å². The van der Waals surface area contributed by atoms with Crippen molar-refractivity contribution in [3.8, 4) is 0 Å². The van der Waals surface area contributed by atoms with Crippen LogP contribution in [0.5, 0.6) is 0 Å².